The van der Waals surface area contributed by atoms with Crippen LogP contribution in [0.3, 0.4) is 0 Å². The topological polar surface area (TPSA) is 71.3 Å². The number of hydrogen-bond donors (Lipinski definition) is 1. The van der Waals surface area contributed by atoms with Crippen molar-refractivity contribution in [1.29, 1.82) is 0 Å². The van der Waals surface area contributed by atoms with Crippen molar-refractivity contribution in [3.63, 3.8) is 0 Å². The molecule has 17 heavy (non-hydrogen) atoms. The SMILES string of the molecule is CC1CN(c2ncc([N+](=O)[O-])cc2Br)CCN1. The Morgan fingerprint density at radius 2 is 2.47 bits per heavy atom. The second-order valence-electron chi connectivity index (χ2n) is 4.06. The maximum absolute atomic E-state index is 10.6. The van der Waals surface area contributed by atoms with Gasteiger partial charge in [-0.15, -0.1) is 0 Å². The van der Waals surface area contributed by atoms with Gasteiger partial charge in [0, 0.05) is 31.7 Å². The second kappa shape index (κ2) is 4.97. The van der Waals surface area contributed by atoms with Crippen LogP contribution in [0.2, 0.25) is 0 Å². The Balaban J connectivity index is 2.23. The largest absolute Gasteiger partial charge is 0.353 e. The zero-order valence-electron chi connectivity index (χ0n) is 9.39. The number of rotatable bonds is 2. The van der Waals surface area contributed by atoms with E-state index in [-0.39, 0.29) is 5.69 Å². The van der Waals surface area contributed by atoms with Gasteiger partial charge in [-0.25, -0.2) is 4.98 Å². The van der Waals surface area contributed by atoms with Gasteiger partial charge in [-0.2, -0.15) is 0 Å². The van der Waals surface area contributed by atoms with Crippen LogP contribution in [0.5, 0.6) is 0 Å². The summed E-state index contributed by atoms with van der Waals surface area (Å²) in [6, 6.07) is 1.89. The highest BCUT2D eigenvalue weighted by Gasteiger charge is 2.20. The lowest BCUT2D eigenvalue weighted by atomic mass is 10.2. The smallest absolute Gasteiger partial charge is 0.288 e. The number of piperazine rings is 1. The molecular formula is C10H13BrN4O2. The standard InChI is InChI=1S/C10H13BrN4O2/c1-7-6-14(3-2-12-7)10-9(11)4-8(5-13-10)15(16)17/h4-5,7,12H,2-3,6H2,1H3. The molecule has 2 rings (SSSR count). The molecule has 1 aromatic heterocycles. The first-order chi connectivity index (χ1) is 8.08. The van der Waals surface area contributed by atoms with Crippen molar-refractivity contribution in [2.24, 2.45) is 0 Å². The second-order valence-corrected chi connectivity index (χ2v) is 4.91. The molecule has 0 spiro atoms. The summed E-state index contributed by atoms with van der Waals surface area (Å²) in [4.78, 5) is 16.5. The Bertz CT molecular complexity index is 440. The molecule has 0 saturated carbocycles. The number of nitro groups is 1. The first kappa shape index (κ1) is 12.3. The van der Waals surface area contributed by atoms with Gasteiger partial charge >= 0.3 is 0 Å². The normalized spacial score (nSPS) is 20.4. The average Bonchev–Trinajstić information content (AvgIpc) is 2.28. The Morgan fingerprint density at radius 1 is 1.71 bits per heavy atom. The fourth-order valence-corrected chi connectivity index (χ4v) is 2.47. The van der Waals surface area contributed by atoms with E-state index in [0.717, 1.165) is 25.5 Å². The quantitative estimate of drug-likeness (QED) is 0.663. The lowest BCUT2D eigenvalue weighted by Crippen LogP contribution is -2.49. The number of halogens is 1. The number of aromatic nitrogens is 1. The molecule has 0 aromatic carbocycles. The van der Waals surface area contributed by atoms with E-state index < -0.39 is 4.92 Å². The molecule has 1 saturated heterocycles. The lowest BCUT2D eigenvalue weighted by Gasteiger charge is -2.33. The summed E-state index contributed by atoms with van der Waals surface area (Å²) in [6.07, 6.45) is 1.30. The van der Waals surface area contributed by atoms with E-state index in [0.29, 0.717) is 10.5 Å². The summed E-state index contributed by atoms with van der Waals surface area (Å²) in [7, 11) is 0. The highest BCUT2D eigenvalue weighted by atomic mass is 79.9. The monoisotopic (exact) mass is 300 g/mol. The van der Waals surface area contributed by atoms with Crippen LogP contribution in [0.25, 0.3) is 0 Å². The summed E-state index contributed by atoms with van der Waals surface area (Å²) in [5.74, 6) is 0.768. The van der Waals surface area contributed by atoms with Crippen LogP contribution in [0, 0.1) is 10.1 Å². The van der Waals surface area contributed by atoms with E-state index in [1.54, 1.807) is 0 Å². The molecule has 2 heterocycles. The fourth-order valence-electron chi connectivity index (χ4n) is 1.88. The van der Waals surface area contributed by atoms with Crippen LogP contribution in [0.4, 0.5) is 11.5 Å². The predicted octanol–water partition coefficient (Wildman–Crippen LogP) is 1.55. The van der Waals surface area contributed by atoms with Crippen molar-refractivity contribution in [3.8, 4) is 0 Å². The third kappa shape index (κ3) is 2.73. The van der Waals surface area contributed by atoms with Crippen molar-refractivity contribution < 1.29 is 4.92 Å². The van der Waals surface area contributed by atoms with Gasteiger partial charge in [0.15, 0.2) is 0 Å². The van der Waals surface area contributed by atoms with Crippen molar-refractivity contribution in [3.05, 3.63) is 26.9 Å². The Morgan fingerprint density at radius 3 is 3.06 bits per heavy atom. The third-order valence-corrected chi connectivity index (χ3v) is 3.27. The molecule has 6 nitrogen and oxygen atoms in total. The average molecular weight is 301 g/mol. The van der Waals surface area contributed by atoms with E-state index in [1.165, 1.54) is 12.3 Å². The molecular weight excluding hydrogens is 288 g/mol. The van der Waals surface area contributed by atoms with E-state index in [9.17, 15) is 10.1 Å². The highest BCUT2D eigenvalue weighted by molar-refractivity contribution is 9.10. The van der Waals surface area contributed by atoms with Crippen molar-refractivity contribution >= 4 is 27.4 Å². The summed E-state index contributed by atoms with van der Waals surface area (Å²) in [6.45, 7) is 4.70. The summed E-state index contributed by atoms with van der Waals surface area (Å²) < 4.78 is 0.667. The number of nitrogens with one attached hydrogen (secondary N) is 1. The van der Waals surface area contributed by atoms with Crippen LogP contribution in [-0.2, 0) is 0 Å². The van der Waals surface area contributed by atoms with Crippen molar-refractivity contribution in [2.75, 3.05) is 24.5 Å². The predicted molar refractivity (Wildman–Crippen MR) is 68.3 cm³/mol. The fraction of sp³-hybridized carbons (Fsp3) is 0.500. The van der Waals surface area contributed by atoms with E-state index >= 15 is 0 Å². The van der Waals surface area contributed by atoms with Gasteiger partial charge in [0.05, 0.1) is 9.40 Å². The van der Waals surface area contributed by atoms with Crippen LogP contribution in [0.1, 0.15) is 6.92 Å². The van der Waals surface area contributed by atoms with Gasteiger partial charge in [0.1, 0.15) is 12.0 Å². The van der Waals surface area contributed by atoms with Crippen molar-refractivity contribution in [1.82, 2.24) is 10.3 Å². The summed E-state index contributed by atoms with van der Waals surface area (Å²) in [5, 5.41) is 14.0. The maximum Gasteiger partial charge on any atom is 0.288 e. The Kier molecular flexibility index (Phi) is 3.58. The van der Waals surface area contributed by atoms with Gasteiger partial charge in [-0.05, 0) is 22.9 Å². The molecule has 0 aliphatic carbocycles. The van der Waals surface area contributed by atoms with Gasteiger partial charge in [0.2, 0.25) is 0 Å². The first-order valence-corrected chi connectivity index (χ1v) is 6.15. The van der Waals surface area contributed by atoms with Crippen LogP contribution >= 0.6 is 15.9 Å². The molecule has 1 atom stereocenters. The van der Waals surface area contributed by atoms with Crippen LogP contribution in [-0.4, -0.2) is 35.6 Å². The molecule has 0 radical (unpaired) electrons. The van der Waals surface area contributed by atoms with Gasteiger partial charge in [0.25, 0.3) is 5.69 Å². The Labute approximate surface area is 107 Å². The number of hydrogen-bond acceptors (Lipinski definition) is 5. The molecule has 1 aliphatic heterocycles. The molecule has 1 fully saturated rings. The molecule has 1 aliphatic rings. The molecule has 1 N–H and O–H groups in total. The highest BCUT2D eigenvalue weighted by Crippen LogP contribution is 2.27. The maximum atomic E-state index is 10.6. The summed E-state index contributed by atoms with van der Waals surface area (Å²) >= 11 is 3.34. The van der Waals surface area contributed by atoms with Gasteiger partial charge < -0.3 is 10.2 Å². The minimum atomic E-state index is -0.443. The molecule has 1 unspecified atom stereocenters. The zero-order chi connectivity index (χ0) is 12.4. The minimum Gasteiger partial charge on any atom is -0.353 e. The third-order valence-electron chi connectivity index (χ3n) is 2.69. The Hall–Kier alpha value is -1.21. The molecule has 0 bridgehead atoms. The zero-order valence-corrected chi connectivity index (χ0v) is 11.0. The molecule has 92 valence electrons. The lowest BCUT2D eigenvalue weighted by molar-refractivity contribution is -0.385. The number of pyridine rings is 1. The van der Waals surface area contributed by atoms with E-state index in [2.05, 4.69) is 38.1 Å². The first-order valence-electron chi connectivity index (χ1n) is 5.36. The molecule has 7 heteroatoms. The van der Waals surface area contributed by atoms with Crippen LogP contribution in [0.15, 0.2) is 16.7 Å². The van der Waals surface area contributed by atoms with Crippen molar-refractivity contribution in [2.45, 2.75) is 13.0 Å². The number of anilines is 1. The van der Waals surface area contributed by atoms with Crippen LogP contribution < -0.4 is 10.2 Å². The number of nitrogens with zero attached hydrogens (tertiary/aromatic N) is 3. The van der Waals surface area contributed by atoms with E-state index in [1.807, 2.05) is 0 Å². The van der Waals surface area contributed by atoms with E-state index in [4.69, 9.17) is 0 Å². The van der Waals surface area contributed by atoms with Gasteiger partial charge in [-0.3, -0.25) is 10.1 Å². The minimum absolute atomic E-state index is 0.00353. The van der Waals surface area contributed by atoms with Gasteiger partial charge in [-0.1, -0.05) is 0 Å². The molecule has 1 aromatic rings. The molecule has 0 amide bonds. The summed E-state index contributed by atoms with van der Waals surface area (Å²) in [5.41, 5.74) is 0.00353.